The number of amides is 2. The Balaban J connectivity index is 4.12. The molecule has 2 amide bonds. The Bertz CT molecular complexity index is 947. The van der Waals surface area contributed by atoms with Crippen LogP contribution in [0.1, 0.15) is 174 Å². The molecular weight excluding hydrogens is 632 g/mol. The molecule has 0 radical (unpaired) electrons. The standard InChI is InChI=1S/C41H72N2O7/c1-3-5-7-9-10-11-12-13-14-15-16-17-18-19-20-25-29-33-40(47)50-36(30-26-22-8-6-4-2)31-27-23-21-24-28-32-38(45)42-34-39(46)43-37(35-44)41(48)49/h6,8,26-27,30-31,36-37,44H,3-5,7,9-25,28-29,32-35H2,1-2H3,(H,42,45)(H,43,46)(H,48,49)/b8-6-,30-26-,31-27-. The van der Waals surface area contributed by atoms with E-state index in [1.165, 1.54) is 96.3 Å². The van der Waals surface area contributed by atoms with Crippen LogP contribution in [-0.4, -0.2) is 59.3 Å². The molecule has 0 saturated heterocycles. The van der Waals surface area contributed by atoms with Gasteiger partial charge < -0.3 is 25.6 Å². The Morgan fingerprint density at radius 2 is 1.14 bits per heavy atom. The molecule has 0 spiro atoms. The number of carboxylic acids is 1. The molecule has 0 aromatic heterocycles. The molecule has 0 aliphatic carbocycles. The number of aliphatic hydroxyl groups is 1. The molecule has 0 aromatic rings. The van der Waals surface area contributed by atoms with Crippen molar-refractivity contribution in [3.63, 3.8) is 0 Å². The monoisotopic (exact) mass is 705 g/mol. The van der Waals surface area contributed by atoms with Crippen molar-refractivity contribution in [2.75, 3.05) is 13.2 Å². The highest BCUT2D eigenvalue weighted by Gasteiger charge is 2.18. The minimum atomic E-state index is -1.39. The second-order valence-corrected chi connectivity index (χ2v) is 13.3. The second-order valence-electron chi connectivity index (χ2n) is 13.3. The lowest BCUT2D eigenvalue weighted by Gasteiger charge is -2.12. The fraction of sp³-hybridized carbons (Fsp3) is 0.756. The third kappa shape index (κ3) is 32.3. The van der Waals surface area contributed by atoms with Crippen LogP contribution in [0.3, 0.4) is 0 Å². The number of carbonyl (C=O) groups excluding carboxylic acids is 3. The summed E-state index contributed by atoms with van der Waals surface area (Å²) in [6.45, 7) is 3.30. The molecule has 0 bridgehead atoms. The minimum absolute atomic E-state index is 0.163. The number of nitrogens with one attached hydrogen (secondary N) is 2. The normalized spacial score (nSPS) is 12.9. The molecule has 0 aromatic carbocycles. The summed E-state index contributed by atoms with van der Waals surface area (Å²) in [6, 6.07) is -1.39. The highest BCUT2D eigenvalue weighted by Crippen LogP contribution is 2.15. The lowest BCUT2D eigenvalue weighted by atomic mass is 10.0. The molecule has 0 aliphatic rings. The summed E-state index contributed by atoms with van der Waals surface area (Å²) >= 11 is 0. The van der Waals surface area contributed by atoms with Crippen molar-refractivity contribution in [1.29, 1.82) is 0 Å². The number of unbranched alkanes of at least 4 members (excludes halogenated alkanes) is 19. The van der Waals surface area contributed by atoms with Crippen LogP contribution in [0.4, 0.5) is 0 Å². The first-order valence-corrected chi connectivity index (χ1v) is 19.9. The van der Waals surface area contributed by atoms with Gasteiger partial charge in [-0.15, -0.1) is 0 Å². The summed E-state index contributed by atoms with van der Waals surface area (Å²) in [5.74, 6) is -2.47. The van der Waals surface area contributed by atoms with Gasteiger partial charge in [-0.2, -0.15) is 0 Å². The van der Waals surface area contributed by atoms with E-state index in [1.807, 2.05) is 24.3 Å². The maximum atomic E-state index is 12.6. The van der Waals surface area contributed by atoms with E-state index in [4.69, 9.17) is 14.9 Å². The van der Waals surface area contributed by atoms with Crippen LogP contribution >= 0.6 is 0 Å². The van der Waals surface area contributed by atoms with E-state index >= 15 is 0 Å². The highest BCUT2D eigenvalue weighted by molar-refractivity contribution is 5.87. The van der Waals surface area contributed by atoms with E-state index < -0.39 is 30.6 Å². The van der Waals surface area contributed by atoms with Gasteiger partial charge in [-0.25, -0.2) is 4.79 Å². The molecule has 0 saturated carbocycles. The molecule has 288 valence electrons. The van der Waals surface area contributed by atoms with E-state index in [1.54, 1.807) is 0 Å². The minimum Gasteiger partial charge on any atom is -0.480 e. The molecule has 2 atom stereocenters. The molecule has 9 heteroatoms. The van der Waals surface area contributed by atoms with Crippen LogP contribution < -0.4 is 10.6 Å². The Kier molecular flexibility index (Phi) is 33.8. The van der Waals surface area contributed by atoms with Crippen molar-refractivity contribution in [2.45, 2.75) is 187 Å². The fourth-order valence-corrected chi connectivity index (χ4v) is 5.55. The Hall–Kier alpha value is -2.94. The van der Waals surface area contributed by atoms with E-state index in [2.05, 4.69) is 36.6 Å². The van der Waals surface area contributed by atoms with Crippen LogP contribution in [0.2, 0.25) is 0 Å². The largest absolute Gasteiger partial charge is 0.480 e. The van der Waals surface area contributed by atoms with E-state index in [0.717, 1.165) is 44.9 Å². The lowest BCUT2D eigenvalue weighted by molar-refractivity contribution is -0.145. The molecule has 0 heterocycles. The maximum Gasteiger partial charge on any atom is 0.328 e. The molecule has 50 heavy (non-hydrogen) atoms. The molecule has 0 aliphatic heterocycles. The molecule has 2 unspecified atom stereocenters. The summed E-state index contributed by atoms with van der Waals surface area (Å²) in [6.07, 6.45) is 39.6. The first kappa shape index (κ1) is 47.1. The van der Waals surface area contributed by atoms with Crippen LogP contribution in [0.15, 0.2) is 36.5 Å². The van der Waals surface area contributed by atoms with Crippen molar-refractivity contribution in [3.8, 4) is 0 Å². The van der Waals surface area contributed by atoms with Crippen LogP contribution in [0.5, 0.6) is 0 Å². The lowest BCUT2D eigenvalue weighted by Crippen LogP contribution is -2.47. The van der Waals surface area contributed by atoms with E-state index in [-0.39, 0.29) is 24.8 Å². The van der Waals surface area contributed by atoms with Gasteiger partial charge in [0.15, 0.2) is 0 Å². The summed E-state index contributed by atoms with van der Waals surface area (Å²) < 4.78 is 5.77. The summed E-state index contributed by atoms with van der Waals surface area (Å²) in [4.78, 5) is 47.2. The zero-order valence-electron chi connectivity index (χ0n) is 31.6. The first-order valence-electron chi connectivity index (χ1n) is 19.9. The number of hydrogen-bond acceptors (Lipinski definition) is 6. The average molecular weight is 705 g/mol. The fourth-order valence-electron chi connectivity index (χ4n) is 5.55. The van der Waals surface area contributed by atoms with Gasteiger partial charge in [0.25, 0.3) is 0 Å². The number of aliphatic carboxylic acids is 1. The van der Waals surface area contributed by atoms with Gasteiger partial charge in [-0.05, 0) is 50.7 Å². The summed E-state index contributed by atoms with van der Waals surface area (Å²) in [7, 11) is 0. The third-order valence-electron chi connectivity index (χ3n) is 8.61. The zero-order chi connectivity index (χ0) is 36.9. The van der Waals surface area contributed by atoms with Gasteiger partial charge in [0.05, 0.1) is 13.2 Å². The van der Waals surface area contributed by atoms with Crippen molar-refractivity contribution >= 4 is 23.8 Å². The number of aliphatic hydroxyl groups excluding tert-OH is 1. The zero-order valence-corrected chi connectivity index (χ0v) is 31.6. The molecule has 0 fully saturated rings. The van der Waals surface area contributed by atoms with Crippen molar-refractivity contribution in [1.82, 2.24) is 10.6 Å². The smallest absolute Gasteiger partial charge is 0.328 e. The molecular formula is C41H72N2O7. The predicted molar refractivity (Wildman–Crippen MR) is 204 cm³/mol. The van der Waals surface area contributed by atoms with Crippen LogP contribution in [0, 0.1) is 0 Å². The van der Waals surface area contributed by atoms with Gasteiger partial charge in [0.2, 0.25) is 11.8 Å². The number of carboxylic acid groups (broad SMARTS) is 1. The van der Waals surface area contributed by atoms with Gasteiger partial charge in [0, 0.05) is 12.8 Å². The quantitative estimate of drug-likeness (QED) is 0.0293. The van der Waals surface area contributed by atoms with Gasteiger partial charge >= 0.3 is 11.9 Å². The molecule has 4 N–H and O–H groups in total. The number of carbonyl (C=O) groups is 4. The second kappa shape index (κ2) is 35.9. The molecule has 0 rings (SSSR count). The third-order valence-corrected chi connectivity index (χ3v) is 8.61. The van der Waals surface area contributed by atoms with Crippen LogP contribution in [0.25, 0.3) is 0 Å². The topological polar surface area (TPSA) is 142 Å². The number of ether oxygens (including phenoxy) is 1. The predicted octanol–water partition coefficient (Wildman–Crippen LogP) is 9.04. The number of hydrogen-bond donors (Lipinski definition) is 4. The van der Waals surface area contributed by atoms with Crippen molar-refractivity contribution in [3.05, 3.63) is 36.5 Å². The average Bonchev–Trinajstić information content (AvgIpc) is 3.10. The Morgan fingerprint density at radius 3 is 1.68 bits per heavy atom. The van der Waals surface area contributed by atoms with Gasteiger partial charge in [0.1, 0.15) is 12.1 Å². The van der Waals surface area contributed by atoms with Gasteiger partial charge in [-0.1, -0.05) is 147 Å². The number of esters is 1. The highest BCUT2D eigenvalue weighted by atomic mass is 16.5. The molecule has 9 nitrogen and oxygen atoms in total. The van der Waals surface area contributed by atoms with Crippen LogP contribution in [-0.2, 0) is 23.9 Å². The van der Waals surface area contributed by atoms with Crippen molar-refractivity contribution < 1.29 is 34.1 Å². The Labute approximate surface area is 304 Å². The number of rotatable bonds is 35. The van der Waals surface area contributed by atoms with Gasteiger partial charge in [-0.3, -0.25) is 14.4 Å². The van der Waals surface area contributed by atoms with E-state index in [0.29, 0.717) is 12.8 Å². The summed E-state index contributed by atoms with van der Waals surface area (Å²) in [5.41, 5.74) is 0. The number of allylic oxidation sites excluding steroid dienone is 4. The first-order chi connectivity index (χ1) is 24.3. The van der Waals surface area contributed by atoms with E-state index in [9.17, 15) is 19.2 Å². The SMILES string of the molecule is CC/C=C\C/C=C\C(/C=C\CCCCCC(=O)NCC(=O)NC(CO)C(=O)O)OC(=O)CCCCCCCCCCCCCCCCCCC. The summed E-state index contributed by atoms with van der Waals surface area (Å²) in [5, 5.41) is 22.4. The maximum absolute atomic E-state index is 12.6. The van der Waals surface area contributed by atoms with Crippen molar-refractivity contribution in [2.24, 2.45) is 0 Å². The Morgan fingerprint density at radius 1 is 0.620 bits per heavy atom.